The molecule has 0 saturated heterocycles. The summed E-state index contributed by atoms with van der Waals surface area (Å²) in [6, 6.07) is 13.5. The van der Waals surface area contributed by atoms with Crippen molar-refractivity contribution in [1.82, 2.24) is 0 Å². The van der Waals surface area contributed by atoms with Gasteiger partial charge < -0.3 is 15.1 Å². The van der Waals surface area contributed by atoms with Gasteiger partial charge >= 0.3 is 0 Å². The Balaban J connectivity index is 1.34. The molecule has 2 N–H and O–H groups in total. The van der Waals surface area contributed by atoms with Crippen LogP contribution in [-0.2, 0) is 11.2 Å². The van der Waals surface area contributed by atoms with E-state index in [1.807, 2.05) is 0 Å². The first-order valence-corrected chi connectivity index (χ1v) is 10.7. The molecule has 8 heteroatoms. The smallest absolute Gasteiger partial charge is 0.291 e. The minimum atomic E-state index is -0.449. The van der Waals surface area contributed by atoms with Crippen LogP contribution in [0, 0.1) is 6.92 Å². The van der Waals surface area contributed by atoms with Crippen LogP contribution in [0.15, 0.2) is 52.9 Å². The quantitative estimate of drug-likeness (QED) is 0.637. The maximum Gasteiger partial charge on any atom is 0.291 e. The summed E-state index contributed by atoms with van der Waals surface area (Å²) in [7, 11) is 0. The van der Waals surface area contributed by atoms with Gasteiger partial charge in [-0.05, 0) is 49.7 Å². The van der Waals surface area contributed by atoms with E-state index in [0.717, 1.165) is 6.42 Å². The number of hydrogen-bond acceptors (Lipinski definition) is 5. The molecule has 8 nitrogen and oxygen atoms in total. The van der Waals surface area contributed by atoms with Crippen molar-refractivity contribution in [1.29, 1.82) is 0 Å². The summed E-state index contributed by atoms with van der Waals surface area (Å²) in [5.74, 6) is -0.320. The average molecular weight is 443 g/mol. The largest absolute Gasteiger partial charge is 0.455 e. The van der Waals surface area contributed by atoms with Crippen LogP contribution in [0.25, 0.3) is 0 Å². The zero-order valence-electron chi connectivity index (χ0n) is 17.9. The van der Waals surface area contributed by atoms with E-state index in [4.69, 9.17) is 4.42 Å². The van der Waals surface area contributed by atoms with Gasteiger partial charge in [0.15, 0.2) is 11.5 Å². The van der Waals surface area contributed by atoms with Gasteiger partial charge in [0, 0.05) is 29.7 Å². The Kier molecular flexibility index (Phi) is 5.05. The first-order valence-electron chi connectivity index (χ1n) is 10.7. The van der Waals surface area contributed by atoms with Gasteiger partial charge in [0.05, 0.1) is 16.9 Å². The molecule has 166 valence electrons. The molecular weight excluding hydrogens is 422 g/mol. The van der Waals surface area contributed by atoms with Crippen molar-refractivity contribution in [2.75, 3.05) is 22.1 Å². The fourth-order valence-corrected chi connectivity index (χ4v) is 4.32. The van der Waals surface area contributed by atoms with E-state index in [2.05, 4.69) is 10.6 Å². The summed E-state index contributed by atoms with van der Waals surface area (Å²) in [4.78, 5) is 51.4. The summed E-state index contributed by atoms with van der Waals surface area (Å²) < 4.78 is 5.69. The van der Waals surface area contributed by atoms with Crippen LogP contribution in [0.3, 0.4) is 0 Å². The second kappa shape index (κ2) is 8.05. The molecule has 0 radical (unpaired) electrons. The first kappa shape index (κ1) is 20.7. The molecule has 0 saturated carbocycles. The fraction of sp³-hybridized carbons (Fsp3) is 0.200. The molecule has 33 heavy (non-hydrogen) atoms. The number of nitrogens with zero attached hydrogens (tertiary/aromatic N) is 1. The van der Waals surface area contributed by atoms with Crippen molar-refractivity contribution in [3.63, 3.8) is 0 Å². The lowest BCUT2D eigenvalue weighted by Crippen LogP contribution is -2.42. The van der Waals surface area contributed by atoms with Crippen LogP contribution in [0.4, 0.5) is 17.1 Å². The lowest BCUT2D eigenvalue weighted by Gasteiger charge is -2.29. The standard InChI is InChI=1S/C25H21N3O5/c1-14-22-19(29)7-4-8-20(22)33-23(14)24(31)26-16-11-9-15(10-12-16)25(32)28-13-21(30)27-17-5-2-3-6-18(17)28/h2-3,5-6,9-12H,4,7-8,13H2,1H3,(H,26,31)(H,27,30). The Labute approximate surface area is 189 Å². The topological polar surface area (TPSA) is 109 Å². The molecule has 0 bridgehead atoms. The molecule has 1 aliphatic heterocycles. The second-order valence-electron chi connectivity index (χ2n) is 8.12. The molecule has 1 aromatic heterocycles. The van der Waals surface area contributed by atoms with Crippen LogP contribution < -0.4 is 15.5 Å². The number of carbonyl (C=O) groups excluding carboxylic acids is 4. The van der Waals surface area contributed by atoms with Crippen molar-refractivity contribution in [2.45, 2.75) is 26.2 Å². The predicted molar refractivity (Wildman–Crippen MR) is 122 cm³/mol. The van der Waals surface area contributed by atoms with E-state index in [-0.39, 0.29) is 29.9 Å². The Bertz CT molecular complexity index is 1310. The Morgan fingerprint density at radius 3 is 2.55 bits per heavy atom. The summed E-state index contributed by atoms with van der Waals surface area (Å²) >= 11 is 0. The minimum Gasteiger partial charge on any atom is -0.455 e. The lowest BCUT2D eigenvalue weighted by molar-refractivity contribution is -0.115. The van der Waals surface area contributed by atoms with Gasteiger partial charge in [-0.25, -0.2) is 0 Å². The monoisotopic (exact) mass is 443 g/mol. The van der Waals surface area contributed by atoms with Crippen molar-refractivity contribution in [2.24, 2.45) is 0 Å². The lowest BCUT2D eigenvalue weighted by atomic mass is 9.94. The Hall–Kier alpha value is -4.20. The molecule has 0 unspecified atom stereocenters. The molecule has 1 aliphatic carbocycles. The molecule has 0 spiro atoms. The average Bonchev–Trinajstić information content (AvgIpc) is 3.16. The van der Waals surface area contributed by atoms with Gasteiger partial charge in [0.25, 0.3) is 11.8 Å². The number of ketones is 1. The maximum absolute atomic E-state index is 13.1. The predicted octanol–water partition coefficient (Wildman–Crippen LogP) is 3.96. The molecule has 0 fully saturated rings. The zero-order chi connectivity index (χ0) is 23.1. The van der Waals surface area contributed by atoms with Crippen molar-refractivity contribution in [3.05, 3.63) is 76.7 Å². The number of carbonyl (C=O) groups is 4. The van der Waals surface area contributed by atoms with E-state index in [1.54, 1.807) is 55.5 Å². The zero-order valence-corrected chi connectivity index (χ0v) is 17.9. The van der Waals surface area contributed by atoms with Gasteiger partial charge in [-0.2, -0.15) is 0 Å². The summed E-state index contributed by atoms with van der Waals surface area (Å²) in [5, 5.41) is 5.52. The van der Waals surface area contributed by atoms with Crippen LogP contribution in [0.2, 0.25) is 0 Å². The van der Waals surface area contributed by atoms with Gasteiger partial charge in [-0.15, -0.1) is 0 Å². The molecule has 5 rings (SSSR count). The summed E-state index contributed by atoms with van der Waals surface area (Å²) in [5.41, 5.74) is 3.16. The number of para-hydroxylation sites is 2. The Morgan fingerprint density at radius 1 is 1.03 bits per heavy atom. The summed E-state index contributed by atoms with van der Waals surface area (Å²) in [6.07, 6.45) is 1.83. The number of rotatable bonds is 3. The molecule has 2 heterocycles. The van der Waals surface area contributed by atoms with Crippen LogP contribution in [0.1, 0.15) is 55.4 Å². The van der Waals surface area contributed by atoms with E-state index in [1.165, 1.54) is 4.90 Å². The van der Waals surface area contributed by atoms with E-state index in [0.29, 0.717) is 52.4 Å². The number of hydrogen-bond donors (Lipinski definition) is 2. The van der Waals surface area contributed by atoms with Crippen molar-refractivity contribution in [3.8, 4) is 0 Å². The van der Waals surface area contributed by atoms with Crippen LogP contribution >= 0.6 is 0 Å². The molecule has 3 aromatic rings. The highest BCUT2D eigenvalue weighted by molar-refractivity contribution is 6.15. The SMILES string of the molecule is Cc1c(C(=O)Nc2ccc(C(=O)N3CC(=O)Nc4ccccc43)cc2)oc2c1C(=O)CCC2. The van der Waals surface area contributed by atoms with Crippen LogP contribution in [0.5, 0.6) is 0 Å². The number of aryl methyl sites for hydroxylation is 1. The number of fused-ring (bicyclic) bond motifs is 2. The van der Waals surface area contributed by atoms with Crippen molar-refractivity contribution < 1.29 is 23.6 Å². The maximum atomic E-state index is 13.1. The molecule has 3 amide bonds. The number of Topliss-reactive ketones (excluding diaryl/α,β-unsaturated/α-hetero) is 1. The Morgan fingerprint density at radius 2 is 1.79 bits per heavy atom. The number of benzene rings is 2. The number of nitrogens with one attached hydrogen (secondary N) is 2. The van der Waals surface area contributed by atoms with E-state index < -0.39 is 5.91 Å². The minimum absolute atomic E-state index is 0.00684. The number of amides is 3. The number of anilines is 3. The number of furan rings is 1. The molecular formula is C25H21N3O5. The first-order chi connectivity index (χ1) is 15.9. The highest BCUT2D eigenvalue weighted by Crippen LogP contribution is 2.31. The van der Waals surface area contributed by atoms with Crippen molar-refractivity contribution >= 4 is 40.6 Å². The van der Waals surface area contributed by atoms with Crippen LogP contribution in [-0.4, -0.2) is 30.0 Å². The summed E-state index contributed by atoms with van der Waals surface area (Å²) in [6.45, 7) is 1.64. The van der Waals surface area contributed by atoms with Gasteiger partial charge in [0.2, 0.25) is 5.91 Å². The second-order valence-corrected chi connectivity index (χ2v) is 8.12. The van der Waals surface area contributed by atoms with E-state index >= 15 is 0 Å². The highest BCUT2D eigenvalue weighted by atomic mass is 16.4. The van der Waals surface area contributed by atoms with E-state index in [9.17, 15) is 19.2 Å². The third-order valence-corrected chi connectivity index (χ3v) is 5.92. The van der Waals surface area contributed by atoms with Gasteiger partial charge in [-0.1, -0.05) is 12.1 Å². The fourth-order valence-electron chi connectivity index (χ4n) is 4.32. The third kappa shape index (κ3) is 3.69. The van der Waals surface area contributed by atoms with Gasteiger partial charge in [-0.3, -0.25) is 24.1 Å². The molecule has 2 aromatic carbocycles. The normalized spacial score (nSPS) is 14.9. The molecule has 0 atom stereocenters. The van der Waals surface area contributed by atoms with Gasteiger partial charge in [0.1, 0.15) is 12.3 Å². The highest BCUT2D eigenvalue weighted by Gasteiger charge is 2.29. The third-order valence-electron chi connectivity index (χ3n) is 5.92. The molecule has 2 aliphatic rings.